The first kappa shape index (κ1) is 11.7. The van der Waals surface area contributed by atoms with E-state index in [1.54, 1.807) is 6.92 Å². The zero-order chi connectivity index (χ0) is 10.4. The first-order valence-corrected chi connectivity index (χ1v) is 6.24. The quantitative estimate of drug-likeness (QED) is 0.608. The Bertz CT molecular complexity index is 166. The second-order valence-corrected chi connectivity index (χ2v) is 4.82. The molecular weight excluding hydrogens is 172 g/mol. The minimum absolute atomic E-state index is 0.400. The molecular formula is C13H24O. The van der Waals surface area contributed by atoms with Crippen LogP contribution in [-0.4, -0.2) is 5.78 Å². The molecule has 0 spiro atoms. The fourth-order valence-electron chi connectivity index (χ4n) is 2.54. The lowest BCUT2D eigenvalue weighted by molar-refractivity contribution is -0.121. The maximum atomic E-state index is 11.2. The summed E-state index contributed by atoms with van der Waals surface area (Å²) in [4.78, 5) is 11.2. The van der Waals surface area contributed by atoms with Gasteiger partial charge in [0.25, 0.3) is 0 Å². The largest absolute Gasteiger partial charge is 0.300 e. The van der Waals surface area contributed by atoms with E-state index in [1.165, 1.54) is 38.5 Å². The van der Waals surface area contributed by atoms with Crippen LogP contribution in [0.25, 0.3) is 0 Å². The van der Waals surface area contributed by atoms with Crippen LogP contribution in [0.4, 0.5) is 0 Å². The molecule has 0 N–H and O–H groups in total. The van der Waals surface area contributed by atoms with Gasteiger partial charge in [-0.2, -0.15) is 0 Å². The van der Waals surface area contributed by atoms with E-state index in [1.807, 2.05) is 0 Å². The fraction of sp³-hybridized carbons (Fsp3) is 0.923. The Hall–Kier alpha value is -0.330. The van der Waals surface area contributed by atoms with Crippen LogP contribution < -0.4 is 0 Å². The van der Waals surface area contributed by atoms with Crippen molar-refractivity contribution in [2.24, 2.45) is 11.8 Å². The van der Waals surface area contributed by atoms with Crippen LogP contribution in [0.5, 0.6) is 0 Å². The summed E-state index contributed by atoms with van der Waals surface area (Å²) in [7, 11) is 0. The highest BCUT2D eigenvalue weighted by molar-refractivity contribution is 5.78. The number of ketones is 1. The second-order valence-electron chi connectivity index (χ2n) is 4.82. The predicted molar refractivity (Wildman–Crippen MR) is 60.3 cm³/mol. The number of hydrogen-bond donors (Lipinski definition) is 0. The van der Waals surface area contributed by atoms with E-state index in [2.05, 4.69) is 6.92 Å². The Morgan fingerprint density at radius 2 is 1.79 bits per heavy atom. The van der Waals surface area contributed by atoms with Crippen LogP contribution in [0.15, 0.2) is 0 Å². The zero-order valence-corrected chi connectivity index (χ0v) is 9.72. The van der Waals surface area contributed by atoms with Gasteiger partial charge in [0.1, 0.15) is 5.78 Å². The fourth-order valence-corrected chi connectivity index (χ4v) is 2.54. The minimum atomic E-state index is 0.400. The number of hydrogen-bond acceptors (Lipinski definition) is 1. The molecule has 82 valence electrons. The van der Waals surface area contributed by atoms with Crippen LogP contribution in [0.1, 0.15) is 65.2 Å². The lowest BCUT2D eigenvalue weighted by atomic mass is 9.78. The Kier molecular flexibility index (Phi) is 5.21. The van der Waals surface area contributed by atoms with Crippen molar-refractivity contribution >= 4 is 5.78 Å². The summed E-state index contributed by atoms with van der Waals surface area (Å²) in [5.74, 6) is 1.74. The number of carbonyl (C=O) groups excluding carboxylic acids is 1. The van der Waals surface area contributed by atoms with Crippen molar-refractivity contribution in [2.75, 3.05) is 0 Å². The smallest absolute Gasteiger partial charge is 0.132 e. The summed E-state index contributed by atoms with van der Waals surface area (Å²) in [6.45, 7) is 4.01. The number of Topliss-reactive ketones (excluding diaryl/α,β-unsaturated/α-hetero) is 1. The standard InChI is InChI=1S/C13H24O/c1-3-4-5-6-12-7-9-13(10-8-12)11(2)14/h12-13H,3-10H2,1-2H3/t12-,13-. The molecule has 1 nitrogen and oxygen atoms in total. The summed E-state index contributed by atoms with van der Waals surface area (Å²) in [6, 6.07) is 0. The van der Waals surface area contributed by atoms with E-state index >= 15 is 0 Å². The summed E-state index contributed by atoms with van der Waals surface area (Å²) in [5, 5.41) is 0. The second kappa shape index (κ2) is 6.21. The first-order chi connectivity index (χ1) is 6.74. The Morgan fingerprint density at radius 1 is 1.14 bits per heavy atom. The summed E-state index contributed by atoms with van der Waals surface area (Å²) in [5.41, 5.74) is 0. The molecule has 0 atom stereocenters. The van der Waals surface area contributed by atoms with Crippen LogP contribution in [-0.2, 0) is 4.79 Å². The van der Waals surface area contributed by atoms with Gasteiger partial charge in [0, 0.05) is 5.92 Å². The van der Waals surface area contributed by atoms with Crippen molar-refractivity contribution in [1.29, 1.82) is 0 Å². The van der Waals surface area contributed by atoms with Crippen LogP contribution in [0.2, 0.25) is 0 Å². The van der Waals surface area contributed by atoms with Crippen molar-refractivity contribution in [2.45, 2.75) is 65.2 Å². The van der Waals surface area contributed by atoms with Gasteiger partial charge in [0.05, 0.1) is 0 Å². The Labute approximate surface area is 88.3 Å². The van der Waals surface area contributed by atoms with Gasteiger partial charge in [-0.05, 0) is 38.5 Å². The van der Waals surface area contributed by atoms with Crippen molar-refractivity contribution in [1.82, 2.24) is 0 Å². The molecule has 14 heavy (non-hydrogen) atoms. The molecule has 1 rings (SSSR count). The molecule has 0 saturated heterocycles. The Balaban J connectivity index is 2.12. The van der Waals surface area contributed by atoms with Crippen LogP contribution in [0.3, 0.4) is 0 Å². The molecule has 0 radical (unpaired) electrons. The van der Waals surface area contributed by atoms with Crippen LogP contribution >= 0.6 is 0 Å². The third-order valence-electron chi connectivity index (χ3n) is 3.64. The average molecular weight is 196 g/mol. The van der Waals surface area contributed by atoms with Crippen LogP contribution in [0, 0.1) is 11.8 Å². The SMILES string of the molecule is CCCCC[C@H]1CC[C@H](C(C)=O)CC1. The van der Waals surface area contributed by atoms with E-state index < -0.39 is 0 Å². The molecule has 0 aromatic carbocycles. The highest BCUT2D eigenvalue weighted by Crippen LogP contribution is 2.32. The van der Waals surface area contributed by atoms with E-state index in [-0.39, 0.29) is 0 Å². The molecule has 0 bridgehead atoms. The molecule has 0 aromatic heterocycles. The molecule has 0 unspecified atom stereocenters. The van der Waals surface area contributed by atoms with E-state index in [9.17, 15) is 4.79 Å². The summed E-state index contributed by atoms with van der Waals surface area (Å²) in [6.07, 6.45) is 10.4. The molecule has 1 fully saturated rings. The Morgan fingerprint density at radius 3 is 2.29 bits per heavy atom. The zero-order valence-electron chi connectivity index (χ0n) is 9.72. The van der Waals surface area contributed by atoms with Crippen molar-refractivity contribution in [3.8, 4) is 0 Å². The molecule has 0 aliphatic heterocycles. The van der Waals surface area contributed by atoms with E-state index in [4.69, 9.17) is 0 Å². The maximum Gasteiger partial charge on any atom is 0.132 e. The third-order valence-corrected chi connectivity index (χ3v) is 3.64. The molecule has 0 heterocycles. The molecule has 0 amide bonds. The maximum absolute atomic E-state index is 11.2. The van der Waals surface area contributed by atoms with Gasteiger partial charge in [0.15, 0.2) is 0 Å². The van der Waals surface area contributed by atoms with Gasteiger partial charge in [-0.25, -0.2) is 0 Å². The lowest BCUT2D eigenvalue weighted by Gasteiger charge is -2.26. The lowest BCUT2D eigenvalue weighted by Crippen LogP contribution is -2.19. The molecule has 1 aliphatic rings. The highest BCUT2D eigenvalue weighted by atomic mass is 16.1. The predicted octanol–water partition coefficient (Wildman–Crippen LogP) is 3.96. The topological polar surface area (TPSA) is 17.1 Å². The highest BCUT2D eigenvalue weighted by Gasteiger charge is 2.23. The van der Waals surface area contributed by atoms with Crippen molar-refractivity contribution < 1.29 is 4.79 Å². The van der Waals surface area contributed by atoms with Gasteiger partial charge in [-0.1, -0.05) is 32.6 Å². The van der Waals surface area contributed by atoms with Gasteiger partial charge in [0.2, 0.25) is 0 Å². The van der Waals surface area contributed by atoms with Gasteiger partial charge >= 0.3 is 0 Å². The summed E-state index contributed by atoms with van der Waals surface area (Å²) >= 11 is 0. The average Bonchev–Trinajstić information content (AvgIpc) is 2.19. The van der Waals surface area contributed by atoms with Crippen molar-refractivity contribution in [3.63, 3.8) is 0 Å². The number of carbonyl (C=O) groups is 1. The van der Waals surface area contributed by atoms with Crippen molar-refractivity contribution in [3.05, 3.63) is 0 Å². The third kappa shape index (κ3) is 3.81. The van der Waals surface area contributed by atoms with Gasteiger partial charge in [-0.3, -0.25) is 4.79 Å². The molecule has 1 aliphatic carbocycles. The normalized spacial score (nSPS) is 27.6. The first-order valence-electron chi connectivity index (χ1n) is 6.24. The molecule has 0 aromatic rings. The number of unbranched alkanes of at least 4 members (excludes halogenated alkanes) is 2. The van der Waals surface area contributed by atoms with Gasteiger partial charge in [-0.15, -0.1) is 0 Å². The number of rotatable bonds is 5. The van der Waals surface area contributed by atoms with Gasteiger partial charge < -0.3 is 0 Å². The molecule has 1 saturated carbocycles. The molecule has 1 heteroatoms. The van der Waals surface area contributed by atoms with E-state index in [0.717, 1.165) is 18.8 Å². The summed E-state index contributed by atoms with van der Waals surface area (Å²) < 4.78 is 0. The minimum Gasteiger partial charge on any atom is -0.300 e. The monoisotopic (exact) mass is 196 g/mol. The van der Waals surface area contributed by atoms with E-state index in [0.29, 0.717) is 11.7 Å².